The summed E-state index contributed by atoms with van der Waals surface area (Å²) in [6, 6.07) is 2.17. The molecule has 0 radical (unpaired) electrons. The molecule has 2 heteroatoms. The van der Waals surface area contributed by atoms with E-state index in [0.29, 0.717) is 18.8 Å². The minimum atomic E-state index is -0.199. The molecule has 16 heavy (non-hydrogen) atoms. The van der Waals surface area contributed by atoms with Crippen LogP contribution < -0.4 is 0 Å². The smallest absolute Gasteiger partial charge is 0.100 e. The Morgan fingerprint density at radius 2 is 1.94 bits per heavy atom. The van der Waals surface area contributed by atoms with Gasteiger partial charge in [-0.2, -0.15) is 5.26 Å². The molecule has 0 rings (SSSR count). The fourth-order valence-corrected chi connectivity index (χ4v) is 1.54. The predicted molar refractivity (Wildman–Crippen MR) is 67.7 cm³/mol. The molecule has 0 bridgehead atoms. The minimum Gasteiger partial charge on any atom is -0.493 e. The molecule has 0 heterocycles. The van der Waals surface area contributed by atoms with Crippen molar-refractivity contribution >= 4 is 0 Å². The number of nitriles is 1. The monoisotopic (exact) mass is 221 g/mol. The summed E-state index contributed by atoms with van der Waals surface area (Å²) in [4.78, 5) is 0. The lowest BCUT2D eigenvalue weighted by Crippen LogP contribution is -2.18. The van der Waals surface area contributed by atoms with Crippen LogP contribution in [0.2, 0.25) is 0 Å². The second kappa shape index (κ2) is 6.37. The van der Waals surface area contributed by atoms with Crippen molar-refractivity contribution in [3.05, 3.63) is 24.5 Å². The van der Waals surface area contributed by atoms with Gasteiger partial charge in [-0.1, -0.05) is 25.7 Å². The largest absolute Gasteiger partial charge is 0.493 e. The second-order valence-electron chi connectivity index (χ2n) is 5.35. The summed E-state index contributed by atoms with van der Waals surface area (Å²) in [6.07, 6.45) is 2.12. The van der Waals surface area contributed by atoms with Gasteiger partial charge < -0.3 is 4.74 Å². The average Bonchev–Trinajstić information content (AvgIpc) is 1.98. The van der Waals surface area contributed by atoms with E-state index in [1.807, 2.05) is 20.8 Å². The van der Waals surface area contributed by atoms with Crippen molar-refractivity contribution in [1.82, 2.24) is 0 Å². The van der Waals surface area contributed by atoms with Crippen molar-refractivity contribution in [2.45, 2.75) is 52.6 Å². The number of allylic oxidation sites excluding steroid dienone is 1. The standard InChI is InChI=1S/C14H23NO/c1-11(7-8-15)9-12(2)10-13(3)16-14(4,5)6/h11H,2-3,7,9-10H2,1,4-6H3/t11-/m1/s1. The SMILES string of the molecule is C=C(CC(=C)OC(C)(C)C)C[C@H](C)CC#N. The van der Waals surface area contributed by atoms with Gasteiger partial charge in [0.25, 0.3) is 0 Å². The quantitative estimate of drug-likeness (QED) is 0.497. The lowest BCUT2D eigenvalue weighted by Gasteiger charge is -2.23. The van der Waals surface area contributed by atoms with Crippen LogP contribution in [-0.4, -0.2) is 5.60 Å². The molecule has 0 saturated heterocycles. The molecule has 0 saturated carbocycles. The van der Waals surface area contributed by atoms with Crippen molar-refractivity contribution in [1.29, 1.82) is 5.26 Å². The van der Waals surface area contributed by atoms with Gasteiger partial charge in [-0.05, 0) is 33.1 Å². The molecule has 0 N–H and O–H groups in total. The lowest BCUT2D eigenvalue weighted by atomic mass is 9.97. The summed E-state index contributed by atoms with van der Waals surface area (Å²) in [5, 5.41) is 8.56. The third kappa shape index (κ3) is 8.11. The van der Waals surface area contributed by atoms with Crippen LogP contribution in [0.4, 0.5) is 0 Å². The molecule has 0 unspecified atom stereocenters. The Bertz CT molecular complexity index is 291. The maximum Gasteiger partial charge on any atom is 0.100 e. The van der Waals surface area contributed by atoms with Gasteiger partial charge in [0.2, 0.25) is 0 Å². The van der Waals surface area contributed by atoms with Crippen molar-refractivity contribution in [2.75, 3.05) is 0 Å². The molecule has 0 fully saturated rings. The summed E-state index contributed by atoms with van der Waals surface area (Å²) >= 11 is 0. The highest BCUT2D eigenvalue weighted by atomic mass is 16.5. The number of rotatable bonds is 6. The summed E-state index contributed by atoms with van der Waals surface area (Å²) in [5.41, 5.74) is 0.882. The van der Waals surface area contributed by atoms with Gasteiger partial charge in [0.15, 0.2) is 0 Å². The molecule has 0 aromatic carbocycles. The molecule has 90 valence electrons. The highest BCUT2D eigenvalue weighted by Gasteiger charge is 2.13. The van der Waals surface area contributed by atoms with Crippen LogP contribution in [0.5, 0.6) is 0 Å². The van der Waals surface area contributed by atoms with Crippen LogP contribution in [0.3, 0.4) is 0 Å². The molecule has 0 aromatic rings. The van der Waals surface area contributed by atoms with Gasteiger partial charge in [0, 0.05) is 12.8 Å². The first kappa shape index (κ1) is 14.8. The molecule has 0 aliphatic carbocycles. The van der Waals surface area contributed by atoms with Crippen LogP contribution >= 0.6 is 0 Å². The van der Waals surface area contributed by atoms with E-state index in [-0.39, 0.29) is 5.60 Å². The van der Waals surface area contributed by atoms with Crippen LogP contribution in [0.1, 0.15) is 47.0 Å². The van der Waals surface area contributed by atoms with E-state index in [1.54, 1.807) is 0 Å². The van der Waals surface area contributed by atoms with Crippen molar-refractivity contribution < 1.29 is 4.74 Å². The van der Waals surface area contributed by atoms with Crippen LogP contribution in [-0.2, 0) is 4.74 Å². The zero-order valence-corrected chi connectivity index (χ0v) is 11.0. The Labute approximate surface area is 99.6 Å². The van der Waals surface area contributed by atoms with Gasteiger partial charge in [0.05, 0.1) is 11.8 Å². The molecular weight excluding hydrogens is 198 g/mol. The Morgan fingerprint density at radius 1 is 1.38 bits per heavy atom. The Kier molecular flexibility index (Phi) is 5.88. The van der Waals surface area contributed by atoms with Crippen LogP contribution in [0.15, 0.2) is 24.5 Å². The predicted octanol–water partition coefficient (Wildman–Crippen LogP) is 4.20. The second-order valence-corrected chi connectivity index (χ2v) is 5.35. The first-order valence-electron chi connectivity index (χ1n) is 5.65. The first-order valence-corrected chi connectivity index (χ1v) is 5.65. The number of ether oxygens (including phenoxy) is 1. The normalized spacial score (nSPS) is 12.7. The van der Waals surface area contributed by atoms with Crippen LogP contribution in [0, 0.1) is 17.2 Å². The maximum atomic E-state index is 8.56. The van der Waals surface area contributed by atoms with E-state index in [9.17, 15) is 0 Å². The summed E-state index contributed by atoms with van der Waals surface area (Å²) in [5.74, 6) is 1.11. The van der Waals surface area contributed by atoms with Crippen LogP contribution in [0.25, 0.3) is 0 Å². The van der Waals surface area contributed by atoms with Crippen molar-refractivity contribution in [3.63, 3.8) is 0 Å². The Hall–Kier alpha value is -1.23. The minimum absolute atomic E-state index is 0.199. The molecule has 0 spiro atoms. The average molecular weight is 221 g/mol. The molecule has 1 atom stereocenters. The zero-order valence-electron chi connectivity index (χ0n) is 11.0. The van der Waals surface area contributed by atoms with Crippen molar-refractivity contribution in [3.8, 4) is 6.07 Å². The third-order valence-electron chi connectivity index (χ3n) is 1.97. The fourth-order valence-electron chi connectivity index (χ4n) is 1.54. The summed E-state index contributed by atoms with van der Waals surface area (Å²) in [6.45, 7) is 15.9. The van der Waals surface area contributed by atoms with Gasteiger partial charge in [-0.3, -0.25) is 0 Å². The number of nitrogens with zero attached hydrogens (tertiary/aromatic N) is 1. The molecule has 2 nitrogen and oxygen atoms in total. The van der Waals surface area contributed by atoms with Gasteiger partial charge >= 0.3 is 0 Å². The highest BCUT2D eigenvalue weighted by Crippen LogP contribution is 2.22. The third-order valence-corrected chi connectivity index (χ3v) is 1.97. The molecule has 0 aliphatic heterocycles. The summed E-state index contributed by atoms with van der Waals surface area (Å²) in [7, 11) is 0. The van der Waals surface area contributed by atoms with E-state index in [4.69, 9.17) is 10.00 Å². The van der Waals surface area contributed by atoms with E-state index in [1.165, 1.54) is 0 Å². The molecule has 0 aromatic heterocycles. The zero-order chi connectivity index (χ0) is 12.8. The van der Waals surface area contributed by atoms with E-state index in [0.717, 1.165) is 17.8 Å². The van der Waals surface area contributed by atoms with Gasteiger partial charge in [-0.25, -0.2) is 0 Å². The number of hydrogen-bond donors (Lipinski definition) is 0. The summed E-state index contributed by atoms with van der Waals surface area (Å²) < 4.78 is 5.63. The van der Waals surface area contributed by atoms with Crippen molar-refractivity contribution in [2.24, 2.45) is 5.92 Å². The fraction of sp³-hybridized carbons (Fsp3) is 0.643. The number of hydrogen-bond acceptors (Lipinski definition) is 2. The molecule has 0 aliphatic rings. The Balaban J connectivity index is 3.98. The Morgan fingerprint density at radius 3 is 2.38 bits per heavy atom. The first-order chi connectivity index (χ1) is 7.24. The van der Waals surface area contributed by atoms with Gasteiger partial charge in [-0.15, -0.1) is 0 Å². The van der Waals surface area contributed by atoms with E-state index < -0.39 is 0 Å². The maximum absolute atomic E-state index is 8.56. The topological polar surface area (TPSA) is 33.0 Å². The molecular formula is C14H23NO. The van der Waals surface area contributed by atoms with Gasteiger partial charge in [0.1, 0.15) is 5.60 Å². The van der Waals surface area contributed by atoms with E-state index >= 15 is 0 Å². The highest BCUT2D eigenvalue weighted by molar-refractivity contribution is 5.06. The van der Waals surface area contributed by atoms with E-state index in [2.05, 4.69) is 26.2 Å². The molecule has 0 amide bonds. The lowest BCUT2D eigenvalue weighted by molar-refractivity contribution is 0.0498.